The van der Waals surface area contributed by atoms with Gasteiger partial charge < -0.3 is 10.0 Å². The van der Waals surface area contributed by atoms with Crippen molar-refractivity contribution in [1.29, 1.82) is 0 Å². The quantitative estimate of drug-likeness (QED) is 0.591. The fraction of sp³-hybridized carbons (Fsp3) is 0.480. The van der Waals surface area contributed by atoms with Crippen LogP contribution in [0.25, 0.3) is 20.8 Å². The average Bonchev–Trinajstić information content (AvgIpc) is 3.57. The fourth-order valence-electron chi connectivity index (χ4n) is 4.69. The Balaban J connectivity index is 1.26. The minimum absolute atomic E-state index is 0.00838. The minimum atomic E-state index is 0.00838. The van der Waals surface area contributed by atoms with Gasteiger partial charge in [-0.15, -0.1) is 11.3 Å². The molecule has 1 saturated carbocycles. The molecule has 168 valence electrons. The third-order valence-electron chi connectivity index (χ3n) is 6.61. The first-order valence-corrected chi connectivity index (χ1v) is 12.4. The molecule has 0 aromatic carbocycles. The van der Waals surface area contributed by atoms with Gasteiger partial charge in [-0.3, -0.25) is 19.7 Å². The van der Waals surface area contributed by atoms with E-state index in [1.807, 2.05) is 12.4 Å². The number of amides is 1. The van der Waals surface area contributed by atoms with Crippen LogP contribution in [0.4, 0.5) is 0 Å². The topological polar surface area (TPSA) is 69.6 Å². The monoisotopic (exact) mass is 450 g/mol. The van der Waals surface area contributed by atoms with E-state index in [9.17, 15) is 4.79 Å². The first-order chi connectivity index (χ1) is 15.6. The van der Waals surface area contributed by atoms with E-state index in [0.29, 0.717) is 12.5 Å². The smallest absolute Gasteiger partial charge is 0.226 e. The molecule has 1 atom stereocenters. The van der Waals surface area contributed by atoms with E-state index in [0.717, 1.165) is 43.7 Å². The molecule has 0 bridgehead atoms. The molecule has 7 heteroatoms. The number of thiophene rings is 1. The van der Waals surface area contributed by atoms with Crippen molar-refractivity contribution >= 4 is 27.5 Å². The van der Waals surface area contributed by atoms with Crippen molar-refractivity contribution in [2.75, 3.05) is 33.3 Å². The molecule has 1 amide bonds. The van der Waals surface area contributed by atoms with Gasteiger partial charge in [0, 0.05) is 39.1 Å². The lowest BCUT2D eigenvalue weighted by Crippen LogP contribution is -2.44. The van der Waals surface area contributed by atoms with Gasteiger partial charge in [0.05, 0.1) is 33.3 Å². The first-order valence-electron chi connectivity index (χ1n) is 11.5. The summed E-state index contributed by atoms with van der Waals surface area (Å²) in [5.74, 6) is 0.867. The second-order valence-corrected chi connectivity index (χ2v) is 10.2. The normalized spacial score (nSPS) is 19.4. The van der Waals surface area contributed by atoms with E-state index in [1.165, 1.54) is 33.5 Å². The van der Waals surface area contributed by atoms with Crippen LogP contribution in [0.2, 0.25) is 0 Å². The lowest BCUT2D eigenvalue weighted by molar-refractivity contribution is -0.136. The minimum Gasteiger partial charge on any atom is -0.395 e. The summed E-state index contributed by atoms with van der Waals surface area (Å²) in [7, 11) is 1.78. The molecule has 3 aromatic rings. The molecule has 4 heterocycles. The number of piperidine rings is 1. The predicted molar refractivity (Wildman–Crippen MR) is 128 cm³/mol. The number of aliphatic hydroxyl groups is 1. The van der Waals surface area contributed by atoms with Crippen molar-refractivity contribution in [1.82, 2.24) is 19.8 Å². The van der Waals surface area contributed by atoms with Gasteiger partial charge in [-0.2, -0.15) is 0 Å². The maximum Gasteiger partial charge on any atom is 0.226 e. The zero-order valence-corrected chi connectivity index (χ0v) is 19.4. The van der Waals surface area contributed by atoms with Crippen LogP contribution in [0.5, 0.6) is 0 Å². The molecular weight excluding hydrogens is 420 g/mol. The highest BCUT2D eigenvalue weighted by Crippen LogP contribution is 2.45. The van der Waals surface area contributed by atoms with Gasteiger partial charge in [0.2, 0.25) is 5.91 Å². The Morgan fingerprint density at radius 3 is 2.88 bits per heavy atom. The molecule has 1 saturated heterocycles. The number of hydrogen-bond donors (Lipinski definition) is 1. The Labute approximate surface area is 192 Å². The van der Waals surface area contributed by atoms with Crippen LogP contribution < -0.4 is 0 Å². The lowest BCUT2D eigenvalue weighted by Gasteiger charge is -2.33. The Hall–Kier alpha value is -2.35. The number of fused-ring (bicyclic) bond motifs is 1. The van der Waals surface area contributed by atoms with Crippen molar-refractivity contribution < 1.29 is 9.90 Å². The van der Waals surface area contributed by atoms with Gasteiger partial charge in [-0.05, 0) is 67.5 Å². The number of likely N-dealkylation sites (N-methyl/N-ethyl adjacent to an activating group) is 1. The van der Waals surface area contributed by atoms with Gasteiger partial charge in [-0.25, -0.2) is 0 Å². The zero-order valence-electron chi connectivity index (χ0n) is 18.5. The van der Waals surface area contributed by atoms with E-state index < -0.39 is 0 Å². The Kier molecular flexibility index (Phi) is 6.22. The number of carbonyl (C=O) groups excluding carboxylic acids is 1. The highest BCUT2D eigenvalue weighted by molar-refractivity contribution is 7.22. The van der Waals surface area contributed by atoms with Crippen molar-refractivity contribution in [3.63, 3.8) is 0 Å². The number of nitrogens with zero attached hydrogens (tertiary/aromatic N) is 4. The first kappa shape index (κ1) is 21.5. The summed E-state index contributed by atoms with van der Waals surface area (Å²) < 4.78 is 1.31. The molecular formula is C25H30N4O2S. The maximum absolute atomic E-state index is 12.6. The van der Waals surface area contributed by atoms with E-state index in [1.54, 1.807) is 23.3 Å². The third kappa shape index (κ3) is 4.56. The summed E-state index contributed by atoms with van der Waals surface area (Å²) in [4.78, 5) is 27.1. The SMILES string of the molecule is CN(CCO)C(=O)[C@@H]1CCCN(Cc2ccc(-c3cc4nccc(C5CC5)c4s3)nc2)C1. The second-order valence-electron chi connectivity index (χ2n) is 9.11. The van der Waals surface area contributed by atoms with Crippen molar-refractivity contribution in [2.24, 2.45) is 5.92 Å². The number of aromatic nitrogens is 2. The molecule has 2 aliphatic rings. The van der Waals surface area contributed by atoms with Crippen LogP contribution in [0.15, 0.2) is 36.7 Å². The van der Waals surface area contributed by atoms with Gasteiger partial charge in [0.25, 0.3) is 0 Å². The number of pyridine rings is 2. The standard InChI is InChI=1S/C25H30N4O2S/c1-28(11-12-30)25(31)19-3-2-10-29(16-19)15-17-4-7-21(27-14-17)23-13-22-24(32-23)20(8-9-26-22)18-5-6-18/h4,7-9,13-14,18-19,30H,2-3,5-6,10-12,15-16H2,1H3/t19-/m1/s1. The molecule has 3 aromatic heterocycles. The van der Waals surface area contributed by atoms with Gasteiger partial charge in [0.1, 0.15) is 0 Å². The van der Waals surface area contributed by atoms with Gasteiger partial charge in [-0.1, -0.05) is 6.07 Å². The van der Waals surface area contributed by atoms with E-state index in [4.69, 9.17) is 10.1 Å². The summed E-state index contributed by atoms with van der Waals surface area (Å²) >= 11 is 1.80. The summed E-state index contributed by atoms with van der Waals surface area (Å²) in [6, 6.07) is 8.61. The van der Waals surface area contributed by atoms with Crippen LogP contribution in [0, 0.1) is 5.92 Å². The Morgan fingerprint density at radius 1 is 1.25 bits per heavy atom. The number of carbonyl (C=O) groups is 1. The second kappa shape index (κ2) is 9.25. The highest BCUT2D eigenvalue weighted by Gasteiger charge is 2.28. The number of likely N-dealkylation sites (tertiary alicyclic amines) is 1. The lowest BCUT2D eigenvalue weighted by atomic mass is 9.96. The van der Waals surface area contributed by atoms with Crippen molar-refractivity contribution in [3.05, 3.63) is 47.8 Å². The van der Waals surface area contributed by atoms with E-state index in [-0.39, 0.29) is 18.4 Å². The van der Waals surface area contributed by atoms with Crippen molar-refractivity contribution in [3.8, 4) is 10.6 Å². The van der Waals surface area contributed by atoms with Crippen LogP contribution in [-0.4, -0.2) is 64.1 Å². The number of rotatable bonds is 7. The van der Waals surface area contributed by atoms with Gasteiger partial charge in [0.15, 0.2) is 0 Å². The summed E-state index contributed by atoms with van der Waals surface area (Å²) in [5, 5.41) is 9.10. The van der Waals surface area contributed by atoms with Crippen LogP contribution >= 0.6 is 11.3 Å². The maximum atomic E-state index is 12.6. The average molecular weight is 451 g/mol. The third-order valence-corrected chi connectivity index (χ3v) is 7.81. The number of aliphatic hydroxyl groups excluding tert-OH is 1. The molecule has 1 aliphatic carbocycles. The molecule has 5 rings (SSSR count). The molecule has 0 unspecified atom stereocenters. The summed E-state index contributed by atoms with van der Waals surface area (Å²) in [5.41, 5.74) is 4.69. The van der Waals surface area contributed by atoms with E-state index >= 15 is 0 Å². The Bertz CT molecular complexity index is 1090. The molecule has 6 nitrogen and oxygen atoms in total. The van der Waals surface area contributed by atoms with Crippen LogP contribution in [0.1, 0.15) is 42.7 Å². The molecule has 2 fully saturated rings. The predicted octanol–water partition coefficient (Wildman–Crippen LogP) is 3.90. The van der Waals surface area contributed by atoms with Crippen molar-refractivity contribution in [2.45, 2.75) is 38.1 Å². The highest BCUT2D eigenvalue weighted by atomic mass is 32.1. The van der Waals surface area contributed by atoms with Crippen LogP contribution in [0.3, 0.4) is 0 Å². The number of hydrogen-bond acceptors (Lipinski definition) is 6. The van der Waals surface area contributed by atoms with E-state index in [2.05, 4.69) is 34.1 Å². The molecule has 0 radical (unpaired) electrons. The summed E-state index contributed by atoms with van der Waals surface area (Å²) in [6.07, 6.45) is 8.43. The van der Waals surface area contributed by atoms with Crippen LogP contribution in [-0.2, 0) is 11.3 Å². The van der Waals surface area contributed by atoms with Gasteiger partial charge >= 0.3 is 0 Å². The zero-order chi connectivity index (χ0) is 22.1. The fourth-order valence-corrected chi connectivity index (χ4v) is 5.88. The molecule has 32 heavy (non-hydrogen) atoms. The molecule has 0 spiro atoms. The Morgan fingerprint density at radius 2 is 2.12 bits per heavy atom. The largest absolute Gasteiger partial charge is 0.395 e. The molecule has 1 N–H and O–H groups in total. The molecule has 1 aliphatic heterocycles. The summed E-state index contributed by atoms with van der Waals surface area (Å²) in [6.45, 7) is 2.98.